The van der Waals surface area contributed by atoms with Crippen molar-refractivity contribution in [3.05, 3.63) is 64.5 Å². The van der Waals surface area contributed by atoms with Crippen molar-refractivity contribution in [2.75, 3.05) is 11.9 Å². The maximum atomic E-state index is 13.1. The molecule has 1 N–H and O–H groups in total. The number of imide groups is 1. The molecule has 3 rings (SSSR count). The molecule has 2 aromatic rings. The van der Waals surface area contributed by atoms with Crippen LogP contribution in [0, 0.1) is 19.7 Å². The molecule has 1 aliphatic rings. The van der Waals surface area contributed by atoms with Crippen molar-refractivity contribution in [2.45, 2.75) is 20.3 Å². The fraction of sp³-hybridized carbons (Fsp3) is 0.211. The van der Waals surface area contributed by atoms with Crippen LogP contribution in [-0.4, -0.2) is 29.2 Å². The molecule has 0 fully saturated rings. The molecule has 1 heterocycles. The van der Waals surface area contributed by atoms with Gasteiger partial charge in [0.05, 0.1) is 11.1 Å². The van der Waals surface area contributed by atoms with Crippen LogP contribution in [0.4, 0.5) is 10.1 Å². The summed E-state index contributed by atoms with van der Waals surface area (Å²) in [5.41, 5.74) is 2.74. The standard InChI is InChI=1S/C19H17FN2O3/c1-11-3-5-14-15(9-11)19(25)22(18(14)24)8-7-17(23)21-16-6-4-13(20)10-12(16)2/h3-6,9-10H,7-8H2,1-2H3,(H,21,23). The highest BCUT2D eigenvalue weighted by atomic mass is 19.1. The summed E-state index contributed by atoms with van der Waals surface area (Å²) in [6.45, 7) is 3.53. The molecule has 0 aromatic heterocycles. The Morgan fingerprint density at radius 1 is 1.04 bits per heavy atom. The molecule has 0 radical (unpaired) electrons. The van der Waals surface area contributed by atoms with Crippen molar-refractivity contribution in [1.82, 2.24) is 4.90 Å². The van der Waals surface area contributed by atoms with Crippen LogP contribution in [0.1, 0.15) is 38.3 Å². The number of carbonyl (C=O) groups is 3. The van der Waals surface area contributed by atoms with Gasteiger partial charge in [0, 0.05) is 18.7 Å². The third-order valence-corrected chi connectivity index (χ3v) is 4.15. The van der Waals surface area contributed by atoms with Crippen LogP contribution in [0.5, 0.6) is 0 Å². The van der Waals surface area contributed by atoms with Gasteiger partial charge >= 0.3 is 0 Å². The lowest BCUT2D eigenvalue weighted by atomic mass is 10.1. The fourth-order valence-electron chi connectivity index (χ4n) is 2.80. The van der Waals surface area contributed by atoms with E-state index in [1.54, 1.807) is 25.1 Å². The molecule has 0 atom stereocenters. The van der Waals surface area contributed by atoms with Crippen molar-refractivity contribution in [2.24, 2.45) is 0 Å². The molecule has 0 saturated heterocycles. The smallest absolute Gasteiger partial charge is 0.261 e. The lowest BCUT2D eigenvalue weighted by molar-refractivity contribution is -0.116. The molecule has 0 unspecified atom stereocenters. The van der Waals surface area contributed by atoms with Crippen molar-refractivity contribution < 1.29 is 18.8 Å². The molecule has 0 spiro atoms. The number of nitrogens with one attached hydrogen (secondary N) is 1. The van der Waals surface area contributed by atoms with Crippen molar-refractivity contribution in [1.29, 1.82) is 0 Å². The second kappa shape index (κ2) is 6.47. The molecular formula is C19H17FN2O3. The van der Waals surface area contributed by atoms with Crippen LogP contribution in [0.3, 0.4) is 0 Å². The zero-order valence-electron chi connectivity index (χ0n) is 13.9. The zero-order valence-corrected chi connectivity index (χ0v) is 13.9. The van der Waals surface area contributed by atoms with E-state index in [9.17, 15) is 18.8 Å². The van der Waals surface area contributed by atoms with Gasteiger partial charge in [0.15, 0.2) is 0 Å². The van der Waals surface area contributed by atoms with E-state index in [0.29, 0.717) is 22.4 Å². The van der Waals surface area contributed by atoms with E-state index in [-0.39, 0.29) is 36.5 Å². The molecule has 5 nitrogen and oxygen atoms in total. The van der Waals surface area contributed by atoms with Gasteiger partial charge in [-0.25, -0.2) is 4.39 Å². The zero-order chi connectivity index (χ0) is 18.1. The summed E-state index contributed by atoms with van der Waals surface area (Å²) in [6, 6.07) is 9.15. The van der Waals surface area contributed by atoms with Crippen LogP contribution >= 0.6 is 0 Å². The highest BCUT2D eigenvalue weighted by molar-refractivity contribution is 6.21. The fourth-order valence-corrected chi connectivity index (χ4v) is 2.80. The average molecular weight is 340 g/mol. The van der Waals surface area contributed by atoms with E-state index >= 15 is 0 Å². The molecule has 128 valence electrons. The van der Waals surface area contributed by atoms with Gasteiger partial charge in [-0.1, -0.05) is 11.6 Å². The van der Waals surface area contributed by atoms with Gasteiger partial charge in [0.25, 0.3) is 11.8 Å². The van der Waals surface area contributed by atoms with E-state index in [4.69, 9.17) is 0 Å². The van der Waals surface area contributed by atoms with Crippen LogP contribution in [0.2, 0.25) is 0 Å². The van der Waals surface area contributed by atoms with E-state index < -0.39 is 0 Å². The average Bonchev–Trinajstić information content (AvgIpc) is 2.79. The largest absolute Gasteiger partial charge is 0.326 e. The predicted octanol–water partition coefficient (Wildman–Crippen LogP) is 3.07. The number of benzene rings is 2. The minimum Gasteiger partial charge on any atom is -0.326 e. The van der Waals surface area contributed by atoms with Crippen LogP contribution in [0.15, 0.2) is 36.4 Å². The number of hydrogen-bond acceptors (Lipinski definition) is 3. The minimum absolute atomic E-state index is 0.00251. The topological polar surface area (TPSA) is 66.5 Å². The quantitative estimate of drug-likeness (QED) is 0.870. The van der Waals surface area contributed by atoms with Gasteiger partial charge in [-0.05, 0) is 49.7 Å². The maximum absolute atomic E-state index is 13.1. The lowest BCUT2D eigenvalue weighted by Crippen LogP contribution is -2.32. The number of fused-ring (bicyclic) bond motifs is 1. The van der Waals surface area contributed by atoms with E-state index in [1.165, 1.54) is 18.2 Å². The Bertz CT molecular complexity index is 892. The van der Waals surface area contributed by atoms with Crippen molar-refractivity contribution in [3.8, 4) is 0 Å². The molecule has 3 amide bonds. The number of nitrogens with zero attached hydrogens (tertiary/aromatic N) is 1. The SMILES string of the molecule is Cc1ccc2c(c1)C(=O)N(CCC(=O)Nc1ccc(F)cc1C)C2=O. The summed E-state index contributed by atoms with van der Waals surface area (Å²) in [7, 11) is 0. The molecule has 0 saturated carbocycles. The van der Waals surface area contributed by atoms with Gasteiger partial charge in [-0.15, -0.1) is 0 Å². The number of carbonyl (C=O) groups excluding carboxylic acids is 3. The van der Waals surface area contributed by atoms with Gasteiger partial charge in [-0.2, -0.15) is 0 Å². The van der Waals surface area contributed by atoms with Gasteiger partial charge in [0.1, 0.15) is 5.82 Å². The summed E-state index contributed by atoms with van der Waals surface area (Å²) >= 11 is 0. The highest BCUT2D eigenvalue weighted by Crippen LogP contribution is 2.24. The van der Waals surface area contributed by atoms with Crippen molar-refractivity contribution in [3.63, 3.8) is 0 Å². The molecule has 25 heavy (non-hydrogen) atoms. The Balaban J connectivity index is 1.65. The molecule has 2 aromatic carbocycles. The third-order valence-electron chi connectivity index (χ3n) is 4.15. The first-order chi connectivity index (χ1) is 11.9. The number of amides is 3. The minimum atomic E-state index is -0.384. The lowest BCUT2D eigenvalue weighted by Gasteiger charge is -2.14. The monoisotopic (exact) mass is 340 g/mol. The normalized spacial score (nSPS) is 13.2. The number of hydrogen-bond donors (Lipinski definition) is 1. The first kappa shape index (κ1) is 16.8. The third kappa shape index (κ3) is 3.28. The molecule has 0 bridgehead atoms. The Kier molecular flexibility index (Phi) is 4.35. The first-order valence-corrected chi connectivity index (χ1v) is 7.89. The van der Waals surface area contributed by atoms with Gasteiger partial charge < -0.3 is 5.32 Å². The second-order valence-electron chi connectivity index (χ2n) is 6.07. The van der Waals surface area contributed by atoms with E-state index in [2.05, 4.69) is 5.32 Å². The molecule has 1 aliphatic heterocycles. The second-order valence-corrected chi connectivity index (χ2v) is 6.07. The van der Waals surface area contributed by atoms with E-state index in [0.717, 1.165) is 10.5 Å². The van der Waals surface area contributed by atoms with Crippen LogP contribution < -0.4 is 5.32 Å². The summed E-state index contributed by atoms with van der Waals surface area (Å²) in [5.74, 6) is -1.49. The predicted molar refractivity (Wildman–Crippen MR) is 90.9 cm³/mol. The molecule has 0 aliphatic carbocycles. The van der Waals surface area contributed by atoms with Crippen LogP contribution in [0.25, 0.3) is 0 Å². The first-order valence-electron chi connectivity index (χ1n) is 7.89. The number of anilines is 1. The Labute approximate surface area is 144 Å². The molecular weight excluding hydrogens is 323 g/mol. The Morgan fingerprint density at radius 3 is 2.48 bits per heavy atom. The number of halogens is 1. The maximum Gasteiger partial charge on any atom is 0.261 e. The highest BCUT2D eigenvalue weighted by Gasteiger charge is 2.35. The van der Waals surface area contributed by atoms with Crippen molar-refractivity contribution >= 4 is 23.4 Å². The molecule has 6 heteroatoms. The number of aryl methyl sites for hydroxylation is 2. The Morgan fingerprint density at radius 2 is 1.76 bits per heavy atom. The van der Waals surface area contributed by atoms with Gasteiger partial charge in [-0.3, -0.25) is 19.3 Å². The number of rotatable bonds is 4. The summed E-state index contributed by atoms with van der Waals surface area (Å²) in [4.78, 5) is 37.8. The van der Waals surface area contributed by atoms with E-state index in [1.807, 2.05) is 6.92 Å². The summed E-state index contributed by atoms with van der Waals surface area (Å²) in [5, 5.41) is 2.67. The van der Waals surface area contributed by atoms with Gasteiger partial charge in [0.2, 0.25) is 5.91 Å². The summed E-state index contributed by atoms with van der Waals surface area (Å²) < 4.78 is 13.1. The Hall–Kier alpha value is -3.02. The summed E-state index contributed by atoms with van der Waals surface area (Å²) in [6.07, 6.45) is -0.0265. The van der Waals surface area contributed by atoms with Crippen LogP contribution in [-0.2, 0) is 4.79 Å².